The minimum absolute atomic E-state index is 0.183. The second-order valence-electron chi connectivity index (χ2n) is 7.83. The van der Waals surface area contributed by atoms with Crippen LogP contribution in [0.1, 0.15) is 59.8 Å². The summed E-state index contributed by atoms with van der Waals surface area (Å²) in [6.45, 7) is 9.87. The summed E-state index contributed by atoms with van der Waals surface area (Å²) in [5.74, 6) is 2.11. The monoisotopic (exact) mass is 310 g/mol. The summed E-state index contributed by atoms with van der Waals surface area (Å²) in [6.07, 6.45) is 6.82. The van der Waals surface area contributed by atoms with Gasteiger partial charge in [-0.3, -0.25) is 4.99 Å². The molecule has 0 aromatic carbocycles. The summed E-state index contributed by atoms with van der Waals surface area (Å²) in [5, 5.41) is 4.97. The van der Waals surface area contributed by atoms with Crippen LogP contribution in [0.5, 0.6) is 0 Å². The molecule has 2 saturated carbocycles. The largest absolute Gasteiger partial charge is 0.378 e. The van der Waals surface area contributed by atoms with Crippen LogP contribution in [0.4, 0.5) is 0 Å². The van der Waals surface area contributed by atoms with E-state index in [4.69, 9.17) is 9.73 Å². The molecule has 1 aliphatic heterocycles. The van der Waals surface area contributed by atoms with Crippen LogP contribution in [0, 0.1) is 11.3 Å². The van der Waals surface area contributed by atoms with Gasteiger partial charge in [0.25, 0.3) is 0 Å². The van der Waals surface area contributed by atoms with Gasteiger partial charge < -0.3 is 10.1 Å². The average Bonchev–Trinajstić information content (AvgIpc) is 2.85. The van der Waals surface area contributed by atoms with Crippen molar-refractivity contribution in [3.63, 3.8) is 0 Å². The molecule has 3 aliphatic rings. The third kappa shape index (κ3) is 2.98. The van der Waals surface area contributed by atoms with Gasteiger partial charge in [-0.15, -0.1) is 0 Å². The molecule has 3 nitrogen and oxygen atoms in total. The molecule has 1 heterocycles. The number of nitrogens with zero attached hydrogens (tertiary/aromatic N) is 1. The Kier molecular flexibility index (Phi) is 4.30. The Morgan fingerprint density at radius 3 is 2.67 bits per heavy atom. The molecule has 3 rings (SSSR count). The van der Waals surface area contributed by atoms with Gasteiger partial charge in [-0.2, -0.15) is 0 Å². The number of rotatable bonds is 3. The van der Waals surface area contributed by atoms with Crippen molar-refractivity contribution in [1.82, 2.24) is 5.32 Å². The smallest absolute Gasteiger partial charge is 0.157 e. The van der Waals surface area contributed by atoms with Crippen LogP contribution >= 0.6 is 11.8 Å². The maximum absolute atomic E-state index is 5.81. The Bertz CT molecular complexity index is 413. The maximum atomic E-state index is 5.81. The van der Waals surface area contributed by atoms with E-state index in [-0.39, 0.29) is 5.41 Å². The highest BCUT2D eigenvalue weighted by Gasteiger charge is 2.50. The SMILES string of the molecule is CCOC1CC(N=C2NC3(CCC(C)CC3)CS2)C1(C)C. The Hall–Kier alpha value is -0.220. The quantitative estimate of drug-likeness (QED) is 0.860. The van der Waals surface area contributed by atoms with Crippen LogP contribution < -0.4 is 5.32 Å². The molecule has 2 unspecified atom stereocenters. The van der Waals surface area contributed by atoms with E-state index >= 15 is 0 Å². The Morgan fingerprint density at radius 2 is 2.05 bits per heavy atom. The van der Waals surface area contributed by atoms with Crippen molar-refractivity contribution in [1.29, 1.82) is 0 Å². The summed E-state index contributed by atoms with van der Waals surface area (Å²) < 4.78 is 5.81. The summed E-state index contributed by atoms with van der Waals surface area (Å²) in [5.41, 5.74) is 0.533. The first-order valence-electron chi connectivity index (χ1n) is 8.55. The van der Waals surface area contributed by atoms with E-state index < -0.39 is 0 Å². The van der Waals surface area contributed by atoms with Crippen LogP contribution in [-0.2, 0) is 4.74 Å². The predicted octanol–water partition coefficient (Wildman–Crippen LogP) is 3.83. The Labute approximate surface area is 133 Å². The fraction of sp³-hybridized carbons (Fsp3) is 0.941. The van der Waals surface area contributed by atoms with Gasteiger partial charge in [-0.1, -0.05) is 32.5 Å². The molecular weight excluding hydrogens is 280 g/mol. The zero-order valence-corrected chi connectivity index (χ0v) is 14.8. The molecule has 120 valence electrons. The highest BCUT2D eigenvalue weighted by atomic mass is 32.2. The van der Waals surface area contributed by atoms with E-state index in [1.165, 1.54) is 36.6 Å². The zero-order valence-electron chi connectivity index (χ0n) is 13.9. The molecule has 1 N–H and O–H groups in total. The van der Waals surface area contributed by atoms with Crippen LogP contribution in [-0.4, -0.2) is 35.2 Å². The summed E-state index contributed by atoms with van der Waals surface area (Å²) >= 11 is 1.94. The number of hydrogen-bond donors (Lipinski definition) is 1. The average molecular weight is 311 g/mol. The number of hydrogen-bond acceptors (Lipinski definition) is 3. The molecule has 4 heteroatoms. The minimum atomic E-state index is 0.183. The molecule has 0 aromatic rings. The molecule has 0 aromatic heterocycles. The number of ether oxygens (including phenoxy) is 1. The first kappa shape index (κ1) is 15.7. The van der Waals surface area contributed by atoms with Gasteiger partial charge >= 0.3 is 0 Å². The van der Waals surface area contributed by atoms with Crippen molar-refractivity contribution in [3.05, 3.63) is 0 Å². The third-order valence-electron chi connectivity index (χ3n) is 5.86. The van der Waals surface area contributed by atoms with Crippen molar-refractivity contribution >= 4 is 16.9 Å². The molecule has 0 bridgehead atoms. The number of aliphatic imine (C=N–C) groups is 1. The molecule has 1 spiro atoms. The number of nitrogens with one attached hydrogen (secondary N) is 1. The molecule has 21 heavy (non-hydrogen) atoms. The summed E-state index contributed by atoms with van der Waals surface area (Å²) in [7, 11) is 0. The molecule has 0 amide bonds. The second-order valence-corrected chi connectivity index (χ2v) is 8.79. The van der Waals surface area contributed by atoms with Crippen molar-refractivity contribution in [2.75, 3.05) is 12.4 Å². The predicted molar refractivity (Wildman–Crippen MR) is 91.0 cm³/mol. The molecule has 0 radical (unpaired) electrons. The highest BCUT2D eigenvalue weighted by molar-refractivity contribution is 8.14. The van der Waals surface area contributed by atoms with E-state index in [2.05, 4.69) is 33.0 Å². The summed E-state index contributed by atoms with van der Waals surface area (Å²) in [4.78, 5) is 5.02. The molecule has 2 atom stereocenters. The lowest BCUT2D eigenvalue weighted by molar-refractivity contribution is -0.103. The van der Waals surface area contributed by atoms with E-state index in [0.29, 0.717) is 17.7 Å². The number of amidine groups is 1. The van der Waals surface area contributed by atoms with Crippen LogP contribution in [0.15, 0.2) is 4.99 Å². The van der Waals surface area contributed by atoms with Crippen molar-refractivity contribution < 1.29 is 4.74 Å². The maximum Gasteiger partial charge on any atom is 0.157 e. The first-order valence-corrected chi connectivity index (χ1v) is 9.54. The van der Waals surface area contributed by atoms with Gasteiger partial charge in [0.05, 0.1) is 12.1 Å². The van der Waals surface area contributed by atoms with E-state index in [1.54, 1.807) is 0 Å². The minimum Gasteiger partial charge on any atom is -0.378 e. The Morgan fingerprint density at radius 1 is 1.33 bits per heavy atom. The van der Waals surface area contributed by atoms with Gasteiger partial charge in [0, 0.05) is 23.3 Å². The normalized spacial score (nSPS) is 43.8. The highest BCUT2D eigenvalue weighted by Crippen LogP contribution is 2.46. The van der Waals surface area contributed by atoms with Crippen molar-refractivity contribution in [2.45, 2.75) is 77.5 Å². The van der Waals surface area contributed by atoms with Crippen LogP contribution in [0.3, 0.4) is 0 Å². The van der Waals surface area contributed by atoms with Gasteiger partial charge in [0.15, 0.2) is 5.17 Å². The van der Waals surface area contributed by atoms with Crippen LogP contribution in [0.25, 0.3) is 0 Å². The molecule has 3 fully saturated rings. The van der Waals surface area contributed by atoms with E-state index in [1.807, 2.05) is 11.8 Å². The second kappa shape index (κ2) is 5.77. The topological polar surface area (TPSA) is 33.6 Å². The van der Waals surface area contributed by atoms with Crippen LogP contribution in [0.2, 0.25) is 0 Å². The van der Waals surface area contributed by atoms with Crippen molar-refractivity contribution in [3.8, 4) is 0 Å². The fourth-order valence-electron chi connectivity index (χ4n) is 3.87. The summed E-state index contributed by atoms with van der Waals surface area (Å²) in [6, 6.07) is 0.418. The molecular formula is C17H30N2OS. The Balaban J connectivity index is 1.59. The lowest BCUT2D eigenvalue weighted by Crippen LogP contribution is -2.54. The lowest BCUT2D eigenvalue weighted by atomic mass is 9.65. The van der Waals surface area contributed by atoms with Gasteiger partial charge in [-0.05, 0) is 44.9 Å². The van der Waals surface area contributed by atoms with E-state index in [9.17, 15) is 0 Å². The van der Waals surface area contributed by atoms with Gasteiger partial charge in [-0.25, -0.2) is 0 Å². The zero-order chi connectivity index (χ0) is 15.1. The third-order valence-corrected chi connectivity index (χ3v) is 7.03. The van der Waals surface area contributed by atoms with Crippen molar-refractivity contribution in [2.24, 2.45) is 16.3 Å². The molecule has 2 aliphatic carbocycles. The van der Waals surface area contributed by atoms with Gasteiger partial charge in [0.1, 0.15) is 0 Å². The fourth-order valence-corrected chi connectivity index (χ4v) is 5.13. The number of thioether (sulfide) groups is 1. The first-order chi connectivity index (χ1) is 9.95. The van der Waals surface area contributed by atoms with E-state index in [0.717, 1.165) is 18.9 Å². The standard InChI is InChI=1S/C17H30N2OS/c1-5-20-14-10-13(16(14,3)4)18-15-19-17(11-21-15)8-6-12(2)7-9-17/h12-14H,5-11H2,1-4H3,(H,18,19). The molecule has 1 saturated heterocycles. The van der Waals surface area contributed by atoms with Gasteiger partial charge in [0.2, 0.25) is 0 Å². The lowest BCUT2D eigenvalue weighted by Gasteiger charge is -2.49.